The Hall–Kier alpha value is -9.98. The summed E-state index contributed by atoms with van der Waals surface area (Å²) in [6.45, 7) is 27.8. The lowest BCUT2D eigenvalue weighted by Crippen LogP contribution is -2.50. The lowest BCUT2D eigenvalue weighted by atomic mass is 10.1. The average molecular weight is 1710 g/mol. The second-order valence-electron chi connectivity index (χ2n) is 30.4. The van der Waals surface area contributed by atoms with E-state index in [1.54, 1.807) is 28.2 Å². The summed E-state index contributed by atoms with van der Waals surface area (Å²) in [7, 11) is 0. The van der Waals surface area contributed by atoms with Crippen LogP contribution in [0.5, 0.6) is 0 Å². The van der Waals surface area contributed by atoms with Crippen LogP contribution in [0.2, 0.25) is 0 Å². The van der Waals surface area contributed by atoms with Crippen molar-refractivity contribution >= 4 is 153 Å². The molecular weight excluding hydrogens is 1610 g/mol. The van der Waals surface area contributed by atoms with Crippen LogP contribution in [0.25, 0.3) is 60.5 Å². The van der Waals surface area contributed by atoms with E-state index in [0.717, 1.165) is 196 Å². The average Bonchev–Trinajstić information content (AvgIpc) is 1.69. The number of aromatic nitrogens is 8. The lowest BCUT2D eigenvalue weighted by Gasteiger charge is -2.35. The fourth-order valence-electron chi connectivity index (χ4n) is 14.6. The largest absolute Gasteiger partial charge is 0.444 e. The van der Waals surface area contributed by atoms with Crippen molar-refractivity contribution in [2.75, 3.05) is 141 Å². The van der Waals surface area contributed by atoms with Crippen LogP contribution in [0.15, 0.2) is 217 Å². The first kappa shape index (κ1) is 83.1. The molecule has 14 aromatic rings. The molecule has 0 saturated carbocycles. The van der Waals surface area contributed by atoms with Gasteiger partial charge in [-0.15, -0.1) is 0 Å². The number of ether oxygens (including phenoxy) is 2. The number of fused-ring (bicyclic) bond motifs is 6. The van der Waals surface area contributed by atoms with Crippen LogP contribution < -0.4 is 43.2 Å². The summed E-state index contributed by atoms with van der Waals surface area (Å²) >= 11 is 9.16. The smallest absolute Gasteiger partial charge is 0.410 e. The molecule has 5 fully saturated rings. The Morgan fingerprint density at radius 2 is 0.602 bits per heavy atom. The van der Waals surface area contributed by atoms with Crippen molar-refractivity contribution in [1.29, 1.82) is 0 Å². The maximum Gasteiger partial charge on any atom is 0.410 e. The lowest BCUT2D eigenvalue weighted by molar-refractivity contribution is 0.0121. The molecule has 616 valence electrons. The number of anilines is 2. The third-order valence-electron chi connectivity index (χ3n) is 21.1. The molecule has 0 bridgehead atoms. The zero-order valence-corrected chi connectivity index (χ0v) is 71.3. The van der Waals surface area contributed by atoms with Crippen molar-refractivity contribution in [1.82, 2.24) is 68.0 Å². The van der Waals surface area contributed by atoms with Gasteiger partial charge in [-0.3, -0.25) is 63.0 Å². The number of morpholine rings is 1. The van der Waals surface area contributed by atoms with Gasteiger partial charge in [-0.2, -0.15) is 0 Å². The van der Waals surface area contributed by atoms with Gasteiger partial charge in [-0.25, -0.2) is 38.5 Å². The van der Waals surface area contributed by atoms with Crippen molar-refractivity contribution in [3.8, 4) is 0 Å². The van der Waals surface area contributed by atoms with Crippen LogP contribution in [0, 0.1) is 0 Å². The predicted molar refractivity (Wildman–Crippen MR) is 477 cm³/mol. The zero-order valence-electron chi connectivity index (χ0n) is 66.4. The second-order valence-corrected chi connectivity index (χ2v) is 36.8. The molecule has 12 heterocycles. The third-order valence-corrected chi connectivity index (χ3v) is 27.4. The molecule has 27 nitrogen and oxygen atoms in total. The predicted octanol–water partition coefficient (Wildman–Crippen LogP) is 11.3. The highest BCUT2D eigenvalue weighted by atomic mass is 32.1. The summed E-state index contributed by atoms with van der Waals surface area (Å²) in [6.07, 6.45) is 3.28. The SMILES string of the molecule is CC(=O)c1ccc(N2CCN(Cn3sc4ccccc4c3=O)CC2)cc1.CC(C)(C)OC(=O)N1CCN(Cn2sc3ccccc3c2=O)CC1.O=c1c2ccccc2sn1CN1CCN(Cn2sc3ccccc3c2=O)CC1.O=c1c2ccccc2sn1CN1CCN(c2ncccn2)CC1.O=c1c2ccccc2sn1CN1CCOCC1. The van der Waals surface area contributed by atoms with Crippen LogP contribution in [0.3, 0.4) is 0 Å². The maximum absolute atomic E-state index is 12.5. The van der Waals surface area contributed by atoms with Crippen molar-refractivity contribution in [3.05, 3.63) is 256 Å². The summed E-state index contributed by atoms with van der Waals surface area (Å²) in [5.41, 5.74) is 2.01. The molecule has 0 N–H and O–H groups in total. The van der Waals surface area contributed by atoms with Crippen molar-refractivity contribution in [2.45, 2.75) is 73.3 Å². The van der Waals surface area contributed by atoms with E-state index in [2.05, 4.69) is 49.2 Å². The molecule has 0 unspecified atom stereocenters. The van der Waals surface area contributed by atoms with Gasteiger partial charge in [0.05, 0.1) is 114 Å². The molecule has 33 heteroatoms. The number of carbonyl (C=O) groups is 2. The molecule has 0 spiro atoms. The topological polar surface area (TPSA) is 240 Å². The van der Waals surface area contributed by atoms with E-state index in [9.17, 15) is 38.4 Å². The van der Waals surface area contributed by atoms with Crippen LogP contribution in [-0.2, 0) is 49.5 Å². The molecule has 19 rings (SSSR count). The number of Topliss-reactive ketones (excluding diaryl/α,β-unsaturated/α-hetero) is 1. The molecule has 5 saturated heterocycles. The summed E-state index contributed by atoms with van der Waals surface area (Å²) in [4.78, 5) is 126. The quantitative estimate of drug-likeness (QED) is 0.0867. The van der Waals surface area contributed by atoms with Gasteiger partial charge in [-0.1, -0.05) is 142 Å². The molecule has 5 aliphatic heterocycles. The first-order chi connectivity index (χ1) is 57.3. The molecule has 118 heavy (non-hydrogen) atoms. The van der Waals surface area contributed by atoms with Crippen LogP contribution in [0.1, 0.15) is 38.1 Å². The molecule has 1 amide bonds. The number of carbonyl (C=O) groups excluding carboxylic acids is 2. The maximum atomic E-state index is 12.5. The number of piperazine rings is 4. The first-order valence-electron chi connectivity index (χ1n) is 39.6. The Balaban J connectivity index is 0.000000116. The second kappa shape index (κ2) is 38.4. The van der Waals surface area contributed by atoms with Gasteiger partial charge < -0.3 is 24.2 Å². The van der Waals surface area contributed by atoms with Gasteiger partial charge in [0, 0.05) is 141 Å². The van der Waals surface area contributed by atoms with E-state index in [1.807, 2.05) is 216 Å². The molecule has 7 aromatic heterocycles. The Bertz CT molecular complexity index is 6040. The van der Waals surface area contributed by atoms with Crippen LogP contribution >= 0.6 is 69.2 Å². The third kappa shape index (κ3) is 20.5. The minimum Gasteiger partial charge on any atom is -0.444 e. The van der Waals surface area contributed by atoms with E-state index >= 15 is 0 Å². The summed E-state index contributed by atoms with van der Waals surface area (Å²) in [5, 5.41) is 4.82. The van der Waals surface area contributed by atoms with Crippen molar-refractivity contribution < 1.29 is 19.1 Å². The fourth-order valence-corrected chi connectivity index (χ4v) is 20.8. The molecule has 5 aliphatic rings. The van der Waals surface area contributed by atoms with Gasteiger partial charge in [0.1, 0.15) is 5.60 Å². The highest BCUT2D eigenvalue weighted by Gasteiger charge is 2.28. The van der Waals surface area contributed by atoms with Gasteiger partial charge in [-0.05, 0) is 131 Å². The van der Waals surface area contributed by atoms with Gasteiger partial charge >= 0.3 is 6.09 Å². The fraction of sp³-hybridized carbons (Fsp3) is 0.365. The Morgan fingerprint density at radius 3 is 0.881 bits per heavy atom. The molecule has 0 radical (unpaired) electrons. The highest BCUT2D eigenvalue weighted by Crippen LogP contribution is 2.26. The number of hydrogen-bond donors (Lipinski definition) is 0. The van der Waals surface area contributed by atoms with E-state index in [0.29, 0.717) is 53.1 Å². The standard InChI is InChI=1S/C20H20N4O2S2.C20H21N3O2S.C17H23N3O3S.C16H17N5OS.C12H14N2O2S/c25-19-15-5-1-3-7-17(15)27-23(19)13-21-9-11-22(12-10-21)14-24-20(26)16-6-2-4-8-18(16)28-24;1-15(24)16-6-8-17(9-7-16)22-12-10-21(11-13-22)14-23-20(25)18-4-2-3-5-19(18)26-23;1-17(2,3)23-16(22)19-10-8-18(9-11-19)12-20-15(21)13-6-4-5-7-14(13)24-20;22-15-13-4-1-2-5-14(13)23-21(15)12-19-8-10-20(11-9-19)16-17-6-3-7-18-16;15-12-10-3-1-2-4-11(10)17-14(12)9-13-5-7-16-8-6-13/h1-8H,9-14H2;2-9H,10-14H2,1H3;4-7H,8-12H2,1-3H3;1-7H,8-12H2;1-4H,5-9H2. The Kier molecular flexibility index (Phi) is 27.0. The molecule has 7 aromatic carbocycles. The van der Waals surface area contributed by atoms with Gasteiger partial charge in [0.2, 0.25) is 5.95 Å². The number of amides is 1. The normalized spacial score (nSPS) is 16.3. The molecular formula is C85H95N17O10S6. The Labute approximate surface area is 705 Å². The number of ketones is 1. The van der Waals surface area contributed by atoms with Crippen molar-refractivity contribution in [3.63, 3.8) is 0 Å². The monoisotopic (exact) mass is 1710 g/mol. The minimum atomic E-state index is -0.474. The number of benzene rings is 7. The number of hydrogen-bond acceptors (Lipinski definition) is 26. The van der Waals surface area contributed by atoms with Crippen LogP contribution in [0.4, 0.5) is 16.4 Å². The van der Waals surface area contributed by atoms with E-state index in [4.69, 9.17) is 9.47 Å². The molecule has 0 atom stereocenters. The minimum absolute atomic E-state index is 0.0603. The first-order valence-corrected chi connectivity index (χ1v) is 44.2. The molecule has 0 aliphatic carbocycles. The van der Waals surface area contributed by atoms with Gasteiger partial charge in [0.25, 0.3) is 33.4 Å². The van der Waals surface area contributed by atoms with Crippen molar-refractivity contribution in [2.24, 2.45) is 0 Å². The highest BCUT2D eigenvalue weighted by molar-refractivity contribution is 7.15. The van der Waals surface area contributed by atoms with Gasteiger partial charge in [0.15, 0.2) is 5.78 Å². The zero-order chi connectivity index (χ0) is 81.8. The van der Waals surface area contributed by atoms with E-state index in [1.165, 1.54) is 69.2 Å². The number of rotatable bonds is 15. The Morgan fingerprint density at radius 1 is 0.339 bits per heavy atom. The van der Waals surface area contributed by atoms with Crippen LogP contribution in [-0.4, -0.2) is 217 Å². The summed E-state index contributed by atoms with van der Waals surface area (Å²) in [6, 6.07) is 56.2. The summed E-state index contributed by atoms with van der Waals surface area (Å²) < 4.78 is 27.9. The van der Waals surface area contributed by atoms with E-state index in [-0.39, 0.29) is 45.2 Å². The summed E-state index contributed by atoms with van der Waals surface area (Å²) in [5.74, 6) is 0.876. The van der Waals surface area contributed by atoms with E-state index < -0.39 is 5.60 Å². The number of nitrogens with zero attached hydrogens (tertiary/aromatic N) is 17.